The molecule has 0 amide bonds. The van der Waals surface area contributed by atoms with E-state index in [1.54, 1.807) is 0 Å². The molecule has 0 fully saturated rings. The van der Waals surface area contributed by atoms with Gasteiger partial charge in [0.1, 0.15) is 5.69 Å². The molecule has 0 atom stereocenters. The van der Waals surface area contributed by atoms with Crippen molar-refractivity contribution in [3.63, 3.8) is 0 Å². The first-order valence-corrected chi connectivity index (χ1v) is 3.55. The minimum absolute atomic E-state index is 0. The van der Waals surface area contributed by atoms with Crippen molar-refractivity contribution in [1.82, 2.24) is 0 Å². The van der Waals surface area contributed by atoms with Crippen LogP contribution in [0.3, 0.4) is 0 Å². The summed E-state index contributed by atoms with van der Waals surface area (Å²) in [4.78, 5) is 0. The first-order chi connectivity index (χ1) is 5.15. The Morgan fingerprint density at radius 1 is 1.25 bits per heavy atom. The fourth-order valence-corrected chi connectivity index (χ4v) is 1.08. The molecule has 0 aromatic heterocycles. The lowest BCUT2D eigenvalue weighted by atomic mass is 10.3. The van der Waals surface area contributed by atoms with Crippen LogP contribution in [0.15, 0.2) is 16.6 Å². The highest BCUT2D eigenvalue weighted by Crippen LogP contribution is 2.22. The fraction of sp³-hybridized carbons (Fsp3) is 0. The van der Waals surface area contributed by atoms with Gasteiger partial charge < -0.3 is 5.43 Å². The molecule has 0 aliphatic heterocycles. The third kappa shape index (κ3) is 2.30. The molecule has 0 spiro atoms. The average molecular weight is 259 g/mol. The minimum atomic E-state index is -0.723. The van der Waals surface area contributed by atoms with Gasteiger partial charge in [-0.2, -0.15) is 0 Å². The Hall–Kier alpha value is -0.390. The Morgan fingerprint density at radius 2 is 1.67 bits per heavy atom. The predicted octanol–water partition coefficient (Wildman–Crippen LogP) is 2.43. The van der Waals surface area contributed by atoms with E-state index in [1.807, 2.05) is 5.43 Å². The van der Waals surface area contributed by atoms with Crippen molar-refractivity contribution in [2.45, 2.75) is 0 Å². The summed E-state index contributed by atoms with van der Waals surface area (Å²) in [7, 11) is 0. The number of nitrogens with two attached hydrogens (primary N) is 1. The van der Waals surface area contributed by atoms with Gasteiger partial charge in [0.15, 0.2) is 11.6 Å². The first kappa shape index (κ1) is 11.6. The van der Waals surface area contributed by atoms with Crippen LogP contribution in [0.4, 0.5) is 14.5 Å². The Bertz CT molecular complexity index is 259. The van der Waals surface area contributed by atoms with Gasteiger partial charge in [-0.05, 0) is 12.1 Å². The normalized spacial score (nSPS) is 9.00. The highest BCUT2D eigenvalue weighted by atomic mass is 79.9. The van der Waals surface area contributed by atoms with E-state index in [0.29, 0.717) is 4.47 Å². The quantitative estimate of drug-likeness (QED) is 0.600. The molecule has 1 aromatic carbocycles. The zero-order valence-corrected chi connectivity index (χ0v) is 8.18. The first-order valence-electron chi connectivity index (χ1n) is 2.76. The Morgan fingerprint density at radius 3 is 2.00 bits per heavy atom. The number of hydrogen-bond acceptors (Lipinski definition) is 2. The maximum Gasteiger partial charge on any atom is 0.151 e. The monoisotopic (exact) mass is 258 g/mol. The van der Waals surface area contributed by atoms with Crippen molar-refractivity contribution in [1.29, 1.82) is 0 Å². The van der Waals surface area contributed by atoms with Gasteiger partial charge in [-0.1, -0.05) is 15.9 Å². The van der Waals surface area contributed by atoms with Gasteiger partial charge >= 0.3 is 0 Å². The molecule has 12 heavy (non-hydrogen) atoms. The summed E-state index contributed by atoms with van der Waals surface area (Å²) in [6.45, 7) is 0. The molecule has 0 bridgehead atoms. The second-order valence-electron chi connectivity index (χ2n) is 1.89. The summed E-state index contributed by atoms with van der Waals surface area (Å²) >= 11 is 2.93. The largest absolute Gasteiger partial charge is 0.319 e. The Kier molecular flexibility index (Phi) is 4.44. The van der Waals surface area contributed by atoms with E-state index < -0.39 is 11.6 Å². The lowest BCUT2D eigenvalue weighted by Crippen LogP contribution is -2.10. The second kappa shape index (κ2) is 4.59. The molecular weight excluding hydrogens is 253 g/mol. The molecule has 0 heterocycles. The van der Waals surface area contributed by atoms with Gasteiger partial charge in [0, 0.05) is 4.47 Å². The number of nitrogen functional groups attached to an aromatic ring is 1. The molecule has 1 rings (SSSR count). The van der Waals surface area contributed by atoms with Crippen LogP contribution in [0, 0.1) is 11.6 Å². The van der Waals surface area contributed by atoms with Crippen molar-refractivity contribution < 1.29 is 8.78 Å². The van der Waals surface area contributed by atoms with Gasteiger partial charge in [-0.25, -0.2) is 8.78 Å². The number of halogens is 4. The standard InChI is InChI=1S/C6H5BrF2N2.ClH/c7-3-1-4(8)6(11-10)5(9)2-3;/h1-2,11H,10H2;1H. The molecule has 0 aliphatic carbocycles. The summed E-state index contributed by atoms with van der Waals surface area (Å²) in [6.07, 6.45) is 0. The second-order valence-corrected chi connectivity index (χ2v) is 2.80. The maximum atomic E-state index is 12.7. The molecule has 6 heteroatoms. The molecule has 0 radical (unpaired) electrons. The molecule has 0 saturated heterocycles. The van der Waals surface area contributed by atoms with E-state index in [2.05, 4.69) is 15.9 Å². The number of anilines is 1. The third-order valence-corrected chi connectivity index (χ3v) is 1.61. The predicted molar refractivity (Wildman–Crippen MR) is 49.1 cm³/mol. The van der Waals surface area contributed by atoms with Gasteiger partial charge in [0.25, 0.3) is 0 Å². The lowest BCUT2D eigenvalue weighted by molar-refractivity contribution is 0.587. The van der Waals surface area contributed by atoms with Crippen LogP contribution in [-0.2, 0) is 0 Å². The van der Waals surface area contributed by atoms with E-state index >= 15 is 0 Å². The number of hydrazine groups is 1. The van der Waals surface area contributed by atoms with Gasteiger partial charge in [-0.15, -0.1) is 12.4 Å². The third-order valence-electron chi connectivity index (χ3n) is 1.15. The minimum Gasteiger partial charge on any atom is -0.319 e. The van der Waals surface area contributed by atoms with Crippen LogP contribution in [0.2, 0.25) is 0 Å². The summed E-state index contributed by atoms with van der Waals surface area (Å²) in [6, 6.07) is 2.25. The van der Waals surface area contributed by atoms with Gasteiger partial charge in [0.2, 0.25) is 0 Å². The summed E-state index contributed by atoms with van der Waals surface area (Å²) in [5.41, 5.74) is 1.59. The van der Waals surface area contributed by atoms with Crippen LogP contribution in [0.25, 0.3) is 0 Å². The number of rotatable bonds is 1. The highest BCUT2D eigenvalue weighted by Gasteiger charge is 2.07. The fourth-order valence-electron chi connectivity index (χ4n) is 0.680. The zero-order valence-electron chi connectivity index (χ0n) is 5.77. The zero-order chi connectivity index (χ0) is 8.43. The number of nitrogens with one attached hydrogen (secondary N) is 1. The molecule has 2 nitrogen and oxygen atoms in total. The van der Waals surface area contributed by atoms with Gasteiger partial charge in [0.05, 0.1) is 0 Å². The van der Waals surface area contributed by atoms with Crippen molar-refractivity contribution in [3.05, 3.63) is 28.2 Å². The van der Waals surface area contributed by atoms with Crippen molar-refractivity contribution in [2.24, 2.45) is 5.84 Å². The molecule has 0 aliphatic rings. The molecule has 1 aromatic rings. The van der Waals surface area contributed by atoms with Crippen molar-refractivity contribution >= 4 is 34.0 Å². The van der Waals surface area contributed by atoms with Crippen LogP contribution in [-0.4, -0.2) is 0 Å². The van der Waals surface area contributed by atoms with Crippen molar-refractivity contribution in [3.8, 4) is 0 Å². The molecule has 68 valence electrons. The topological polar surface area (TPSA) is 38.0 Å². The summed E-state index contributed by atoms with van der Waals surface area (Å²) < 4.78 is 25.7. The maximum absolute atomic E-state index is 12.7. The van der Waals surface area contributed by atoms with Crippen LogP contribution < -0.4 is 11.3 Å². The van der Waals surface area contributed by atoms with Crippen LogP contribution >= 0.6 is 28.3 Å². The van der Waals surface area contributed by atoms with Crippen LogP contribution in [0.5, 0.6) is 0 Å². The molecule has 0 saturated carbocycles. The van der Waals surface area contributed by atoms with E-state index in [1.165, 1.54) is 0 Å². The van der Waals surface area contributed by atoms with E-state index in [4.69, 9.17) is 5.84 Å². The summed E-state index contributed by atoms with van der Waals surface area (Å²) in [5, 5.41) is 0. The Balaban J connectivity index is 0.00000121. The molecular formula is C6H6BrClF2N2. The van der Waals surface area contributed by atoms with E-state index in [9.17, 15) is 8.78 Å². The highest BCUT2D eigenvalue weighted by molar-refractivity contribution is 9.10. The Labute approximate surface area is 82.6 Å². The van der Waals surface area contributed by atoms with E-state index in [0.717, 1.165) is 12.1 Å². The molecule has 0 unspecified atom stereocenters. The SMILES string of the molecule is Cl.NNc1c(F)cc(Br)cc1F. The lowest BCUT2D eigenvalue weighted by Gasteiger charge is -2.02. The number of hydrogen-bond donors (Lipinski definition) is 2. The average Bonchev–Trinajstić information content (AvgIpc) is 1.85. The molecule has 3 N–H and O–H groups in total. The number of benzene rings is 1. The van der Waals surface area contributed by atoms with E-state index in [-0.39, 0.29) is 18.1 Å². The van der Waals surface area contributed by atoms with Crippen molar-refractivity contribution in [2.75, 3.05) is 5.43 Å². The smallest absolute Gasteiger partial charge is 0.151 e. The van der Waals surface area contributed by atoms with Gasteiger partial charge in [-0.3, -0.25) is 5.84 Å². The van der Waals surface area contributed by atoms with Crippen LogP contribution in [0.1, 0.15) is 0 Å². The summed E-state index contributed by atoms with van der Waals surface area (Å²) in [5.74, 6) is 3.41.